The summed E-state index contributed by atoms with van der Waals surface area (Å²) in [5.41, 5.74) is 0. The van der Waals surface area contributed by atoms with Crippen molar-refractivity contribution in [1.29, 1.82) is 0 Å². The fourth-order valence-corrected chi connectivity index (χ4v) is 3.57. The monoisotopic (exact) mass is 306 g/mol. The van der Waals surface area contributed by atoms with Crippen LogP contribution in [0.15, 0.2) is 4.52 Å². The number of likely N-dealkylation sites (tertiary alicyclic amines) is 1. The number of nitrogens with one attached hydrogen (secondary N) is 1. The molecule has 2 fully saturated rings. The van der Waals surface area contributed by atoms with Crippen molar-refractivity contribution in [1.82, 2.24) is 20.4 Å². The molecule has 6 heteroatoms. The molecule has 1 aromatic heterocycles. The van der Waals surface area contributed by atoms with Crippen LogP contribution in [-0.4, -0.2) is 46.6 Å². The molecule has 0 spiro atoms. The average molecular weight is 306 g/mol. The van der Waals surface area contributed by atoms with E-state index in [-0.39, 0.29) is 5.91 Å². The van der Waals surface area contributed by atoms with E-state index in [1.54, 1.807) is 0 Å². The Kier molecular flexibility index (Phi) is 5.08. The normalized spacial score (nSPS) is 23.8. The zero-order valence-electron chi connectivity index (χ0n) is 13.4. The minimum Gasteiger partial charge on any atom is -0.353 e. The number of aromatic nitrogens is 2. The summed E-state index contributed by atoms with van der Waals surface area (Å²) < 4.78 is 5.30. The van der Waals surface area contributed by atoms with Crippen LogP contribution in [0.4, 0.5) is 0 Å². The van der Waals surface area contributed by atoms with Gasteiger partial charge in [0.15, 0.2) is 5.82 Å². The first-order valence-electron chi connectivity index (χ1n) is 8.52. The average Bonchev–Trinajstić information content (AvgIpc) is 3.17. The van der Waals surface area contributed by atoms with Crippen LogP contribution in [0.5, 0.6) is 0 Å². The second kappa shape index (κ2) is 7.22. The van der Waals surface area contributed by atoms with E-state index in [1.807, 2.05) is 6.92 Å². The van der Waals surface area contributed by atoms with Gasteiger partial charge in [-0.25, -0.2) is 0 Å². The number of carbonyl (C=O) groups excluding carboxylic acids is 1. The van der Waals surface area contributed by atoms with Crippen molar-refractivity contribution in [2.75, 3.05) is 19.6 Å². The highest BCUT2D eigenvalue weighted by molar-refractivity contribution is 5.76. The summed E-state index contributed by atoms with van der Waals surface area (Å²) in [6.07, 6.45) is 7.60. The largest absolute Gasteiger partial charge is 0.353 e. The van der Waals surface area contributed by atoms with Crippen LogP contribution in [0.2, 0.25) is 0 Å². The summed E-state index contributed by atoms with van der Waals surface area (Å²) in [6, 6.07) is 0.419. The highest BCUT2D eigenvalue weighted by Gasteiger charge is 2.26. The standard InChI is InChI=1S/C16H26N4O2/c1-12-17-16(22-19-12)13-5-4-9-20(11-13)10-8-15(21)18-14-6-2-3-7-14/h13-14H,2-11H2,1H3,(H,18,21)/t13-/m1/s1. The number of aryl methyl sites for hydroxylation is 1. The van der Waals surface area contributed by atoms with Crippen molar-refractivity contribution < 1.29 is 9.32 Å². The molecular weight excluding hydrogens is 280 g/mol. The number of piperidine rings is 1. The lowest BCUT2D eigenvalue weighted by molar-refractivity contribution is -0.122. The lowest BCUT2D eigenvalue weighted by atomic mass is 9.98. The van der Waals surface area contributed by atoms with E-state index in [2.05, 4.69) is 20.4 Å². The molecule has 122 valence electrons. The van der Waals surface area contributed by atoms with Crippen LogP contribution in [0, 0.1) is 6.92 Å². The minimum atomic E-state index is 0.197. The van der Waals surface area contributed by atoms with Gasteiger partial charge in [0.2, 0.25) is 11.8 Å². The summed E-state index contributed by atoms with van der Waals surface area (Å²) in [4.78, 5) is 18.7. The van der Waals surface area contributed by atoms with Gasteiger partial charge in [-0.2, -0.15) is 4.98 Å². The maximum absolute atomic E-state index is 12.0. The predicted molar refractivity (Wildman–Crippen MR) is 82.5 cm³/mol. The molecule has 1 aromatic rings. The number of amides is 1. The van der Waals surface area contributed by atoms with Crippen molar-refractivity contribution in [2.24, 2.45) is 0 Å². The van der Waals surface area contributed by atoms with Gasteiger partial charge in [0.25, 0.3) is 0 Å². The molecule has 1 aliphatic carbocycles. The van der Waals surface area contributed by atoms with Gasteiger partial charge in [0.05, 0.1) is 5.92 Å². The molecule has 1 atom stereocenters. The van der Waals surface area contributed by atoms with Crippen LogP contribution in [0.3, 0.4) is 0 Å². The van der Waals surface area contributed by atoms with Crippen LogP contribution >= 0.6 is 0 Å². The Labute approximate surface area is 131 Å². The molecule has 1 N–H and O–H groups in total. The van der Waals surface area contributed by atoms with Gasteiger partial charge < -0.3 is 14.7 Å². The number of nitrogens with zero attached hydrogens (tertiary/aromatic N) is 3. The SMILES string of the molecule is Cc1noc([C@@H]2CCCN(CCC(=O)NC3CCCC3)C2)n1. The van der Waals surface area contributed by atoms with Gasteiger partial charge in [-0.05, 0) is 39.2 Å². The molecule has 0 bridgehead atoms. The molecule has 3 rings (SSSR count). The van der Waals surface area contributed by atoms with Crippen molar-refractivity contribution in [2.45, 2.75) is 63.8 Å². The first kappa shape index (κ1) is 15.5. The smallest absolute Gasteiger partial charge is 0.231 e. The molecule has 1 amide bonds. The van der Waals surface area contributed by atoms with E-state index < -0.39 is 0 Å². The Bertz CT molecular complexity index is 496. The Balaban J connectivity index is 1.43. The molecule has 1 aliphatic heterocycles. The van der Waals surface area contributed by atoms with Gasteiger partial charge in [0.1, 0.15) is 0 Å². The molecular formula is C16H26N4O2. The van der Waals surface area contributed by atoms with E-state index in [0.29, 0.717) is 24.2 Å². The van der Waals surface area contributed by atoms with Crippen molar-refractivity contribution in [3.8, 4) is 0 Å². The molecule has 1 saturated heterocycles. The lowest BCUT2D eigenvalue weighted by Gasteiger charge is -2.30. The van der Waals surface area contributed by atoms with Crippen LogP contribution in [-0.2, 0) is 4.79 Å². The third kappa shape index (κ3) is 4.06. The third-order valence-corrected chi connectivity index (χ3v) is 4.77. The minimum absolute atomic E-state index is 0.197. The quantitative estimate of drug-likeness (QED) is 0.901. The van der Waals surface area contributed by atoms with E-state index in [4.69, 9.17) is 4.52 Å². The van der Waals surface area contributed by atoms with Gasteiger partial charge in [-0.15, -0.1) is 0 Å². The van der Waals surface area contributed by atoms with E-state index >= 15 is 0 Å². The van der Waals surface area contributed by atoms with Gasteiger partial charge >= 0.3 is 0 Å². The van der Waals surface area contributed by atoms with Crippen molar-refractivity contribution in [3.63, 3.8) is 0 Å². The number of rotatable bonds is 5. The van der Waals surface area contributed by atoms with Crippen LogP contribution in [0.1, 0.15) is 62.6 Å². The highest BCUT2D eigenvalue weighted by atomic mass is 16.5. The van der Waals surface area contributed by atoms with Crippen molar-refractivity contribution in [3.05, 3.63) is 11.7 Å². The zero-order valence-corrected chi connectivity index (χ0v) is 13.4. The summed E-state index contributed by atoms with van der Waals surface area (Å²) in [5, 5.41) is 7.04. The van der Waals surface area contributed by atoms with E-state index in [0.717, 1.165) is 51.2 Å². The zero-order chi connectivity index (χ0) is 15.4. The van der Waals surface area contributed by atoms with Gasteiger partial charge in [0, 0.05) is 25.6 Å². The molecule has 1 saturated carbocycles. The van der Waals surface area contributed by atoms with Gasteiger partial charge in [-0.3, -0.25) is 4.79 Å². The molecule has 0 aromatic carbocycles. The molecule has 0 radical (unpaired) electrons. The number of hydrogen-bond acceptors (Lipinski definition) is 5. The first-order valence-corrected chi connectivity index (χ1v) is 8.52. The predicted octanol–water partition coefficient (Wildman–Crippen LogP) is 2.01. The van der Waals surface area contributed by atoms with Crippen LogP contribution in [0.25, 0.3) is 0 Å². The second-order valence-corrected chi connectivity index (χ2v) is 6.62. The molecule has 2 aliphatic rings. The Morgan fingerprint density at radius 3 is 2.86 bits per heavy atom. The highest BCUT2D eigenvalue weighted by Crippen LogP contribution is 2.25. The summed E-state index contributed by atoms with van der Waals surface area (Å²) in [7, 11) is 0. The maximum Gasteiger partial charge on any atom is 0.231 e. The topological polar surface area (TPSA) is 71.3 Å². The summed E-state index contributed by atoms with van der Waals surface area (Å²) >= 11 is 0. The van der Waals surface area contributed by atoms with E-state index in [1.165, 1.54) is 12.8 Å². The maximum atomic E-state index is 12.0. The van der Waals surface area contributed by atoms with Gasteiger partial charge in [-0.1, -0.05) is 18.0 Å². The fraction of sp³-hybridized carbons (Fsp3) is 0.812. The fourth-order valence-electron chi connectivity index (χ4n) is 3.57. The molecule has 22 heavy (non-hydrogen) atoms. The molecule has 6 nitrogen and oxygen atoms in total. The second-order valence-electron chi connectivity index (χ2n) is 6.62. The summed E-state index contributed by atoms with van der Waals surface area (Å²) in [6.45, 7) is 4.64. The van der Waals surface area contributed by atoms with E-state index in [9.17, 15) is 4.79 Å². The van der Waals surface area contributed by atoms with Crippen molar-refractivity contribution >= 4 is 5.91 Å². The molecule has 0 unspecified atom stereocenters. The Hall–Kier alpha value is -1.43. The first-order chi connectivity index (χ1) is 10.7. The number of hydrogen-bond donors (Lipinski definition) is 1. The Morgan fingerprint density at radius 2 is 2.14 bits per heavy atom. The Morgan fingerprint density at radius 1 is 1.32 bits per heavy atom. The third-order valence-electron chi connectivity index (χ3n) is 4.77. The lowest BCUT2D eigenvalue weighted by Crippen LogP contribution is -2.39. The summed E-state index contributed by atoms with van der Waals surface area (Å²) in [5.74, 6) is 1.95. The van der Waals surface area contributed by atoms with Crippen LogP contribution < -0.4 is 5.32 Å². The molecule has 2 heterocycles. The number of carbonyl (C=O) groups is 1.